The lowest BCUT2D eigenvalue weighted by atomic mass is 10.2. The lowest BCUT2D eigenvalue weighted by molar-refractivity contribution is -0.111. The van der Waals surface area contributed by atoms with Crippen LogP contribution in [0.5, 0.6) is 0 Å². The number of amides is 1. The summed E-state index contributed by atoms with van der Waals surface area (Å²) in [6, 6.07) is 15.6. The van der Waals surface area contributed by atoms with Crippen molar-refractivity contribution < 1.29 is 4.79 Å². The van der Waals surface area contributed by atoms with E-state index in [1.807, 2.05) is 48.5 Å². The van der Waals surface area contributed by atoms with Crippen LogP contribution in [0.25, 0.3) is 6.08 Å². The minimum absolute atomic E-state index is 0.213. The molecule has 5 nitrogen and oxygen atoms in total. The number of rotatable bonds is 5. The SMILES string of the molecule is O=C(C=Cc1ccccn1)Nc1cnn(Cc2ccccc2)c1. The topological polar surface area (TPSA) is 59.8 Å². The third kappa shape index (κ3) is 4.38. The second-order valence-electron chi connectivity index (χ2n) is 4.99. The van der Waals surface area contributed by atoms with Gasteiger partial charge in [0.05, 0.1) is 24.1 Å². The molecule has 5 heteroatoms. The highest BCUT2D eigenvalue weighted by molar-refractivity contribution is 6.01. The van der Waals surface area contributed by atoms with E-state index in [2.05, 4.69) is 15.4 Å². The first-order valence-corrected chi connectivity index (χ1v) is 7.26. The summed E-state index contributed by atoms with van der Waals surface area (Å²) in [7, 11) is 0. The number of nitrogens with one attached hydrogen (secondary N) is 1. The Kier molecular flexibility index (Phi) is 4.59. The summed E-state index contributed by atoms with van der Waals surface area (Å²) in [5.74, 6) is -0.213. The van der Waals surface area contributed by atoms with Crippen LogP contribution in [0.2, 0.25) is 0 Å². The summed E-state index contributed by atoms with van der Waals surface area (Å²) in [5.41, 5.74) is 2.56. The lowest BCUT2D eigenvalue weighted by Crippen LogP contribution is -2.07. The number of benzene rings is 1. The molecule has 3 rings (SSSR count). The molecule has 0 bridgehead atoms. The standard InChI is InChI=1S/C18H16N4O/c23-18(10-9-16-8-4-5-11-19-16)21-17-12-20-22(14-17)13-15-6-2-1-3-7-15/h1-12,14H,13H2,(H,21,23). The molecule has 0 aliphatic rings. The molecule has 3 aromatic rings. The van der Waals surface area contributed by atoms with Crippen LogP contribution >= 0.6 is 0 Å². The maximum atomic E-state index is 11.9. The Labute approximate surface area is 134 Å². The number of nitrogens with zero attached hydrogens (tertiary/aromatic N) is 3. The van der Waals surface area contributed by atoms with Crippen LogP contribution in [0, 0.1) is 0 Å². The zero-order valence-corrected chi connectivity index (χ0v) is 12.5. The average Bonchev–Trinajstić information content (AvgIpc) is 3.02. The summed E-state index contributed by atoms with van der Waals surface area (Å²) in [6.45, 7) is 0.667. The van der Waals surface area contributed by atoms with Gasteiger partial charge in [-0.2, -0.15) is 5.10 Å². The molecule has 1 N–H and O–H groups in total. The van der Waals surface area contributed by atoms with Gasteiger partial charge >= 0.3 is 0 Å². The summed E-state index contributed by atoms with van der Waals surface area (Å²) < 4.78 is 1.79. The van der Waals surface area contributed by atoms with Crippen molar-refractivity contribution in [2.45, 2.75) is 6.54 Å². The van der Waals surface area contributed by atoms with Crippen molar-refractivity contribution in [3.8, 4) is 0 Å². The minimum Gasteiger partial charge on any atom is -0.320 e. The maximum Gasteiger partial charge on any atom is 0.248 e. The number of carbonyl (C=O) groups excluding carboxylic acids is 1. The van der Waals surface area contributed by atoms with Crippen LogP contribution in [0.4, 0.5) is 5.69 Å². The number of pyridine rings is 1. The van der Waals surface area contributed by atoms with Crippen LogP contribution in [-0.4, -0.2) is 20.7 Å². The van der Waals surface area contributed by atoms with Crippen LogP contribution in [-0.2, 0) is 11.3 Å². The molecule has 0 atom stereocenters. The minimum atomic E-state index is -0.213. The van der Waals surface area contributed by atoms with E-state index in [-0.39, 0.29) is 5.91 Å². The Bertz CT molecular complexity index is 794. The lowest BCUT2D eigenvalue weighted by Gasteiger charge is -2.01. The molecule has 23 heavy (non-hydrogen) atoms. The molecule has 114 valence electrons. The molecule has 0 aliphatic heterocycles. The molecule has 0 spiro atoms. The Morgan fingerprint density at radius 1 is 1.13 bits per heavy atom. The first-order chi connectivity index (χ1) is 11.3. The smallest absolute Gasteiger partial charge is 0.248 e. The van der Waals surface area contributed by atoms with Gasteiger partial charge in [-0.25, -0.2) is 0 Å². The molecule has 0 radical (unpaired) electrons. The molecule has 2 aromatic heterocycles. The van der Waals surface area contributed by atoms with Crippen molar-refractivity contribution in [1.82, 2.24) is 14.8 Å². The number of carbonyl (C=O) groups is 1. The maximum absolute atomic E-state index is 11.9. The van der Waals surface area contributed by atoms with Gasteiger partial charge < -0.3 is 5.32 Å². The van der Waals surface area contributed by atoms with E-state index in [0.717, 1.165) is 11.3 Å². The van der Waals surface area contributed by atoms with E-state index in [1.54, 1.807) is 29.3 Å². The second kappa shape index (κ2) is 7.17. The van der Waals surface area contributed by atoms with Crippen molar-refractivity contribution in [3.05, 3.63) is 84.5 Å². The molecular formula is C18H16N4O. The normalized spacial score (nSPS) is 10.8. The molecular weight excluding hydrogens is 288 g/mol. The van der Waals surface area contributed by atoms with Crippen LogP contribution < -0.4 is 5.32 Å². The fourth-order valence-electron chi connectivity index (χ4n) is 2.10. The molecule has 1 aromatic carbocycles. The quantitative estimate of drug-likeness (QED) is 0.737. The van der Waals surface area contributed by atoms with Crippen molar-refractivity contribution >= 4 is 17.7 Å². The third-order valence-corrected chi connectivity index (χ3v) is 3.18. The molecule has 0 fully saturated rings. The van der Waals surface area contributed by atoms with Gasteiger partial charge in [0.2, 0.25) is 5.91 Å². The molecule has 2 heterocycles. The third-order valence-electron chi connectivity index (χ3n) is 3.18. The largest absolute Gasteiger partial charge is 0.320 e. The van der Waals surface area contributed by atoms with Gasteiger partial charge in [-0.3, -0.25) is 14.5 Å². The van der Waals surface area contributed by atoms with Crippen molar-refractivity contribution in [2.75, 3.05) is 5.32 Å². The van der Waals surface area contributed by atoms with E-state index in [9.17, 15) is 4.79 Å². The first-order valence-electron chi connectivity index (χ1n) is 7.26. The van der Waals surface area contributed by atoms with Crippen molar-refractivity contribution in [2.24, 2.45) is 0 Å². The first kappa shape index (κ1) is 14.7. The fourth-order valence-corrected chi connectivity index (χ4v) is 2.10. The fraction of sp³-hybridized carbons (Fsp3) is 0.0556. The van der Waals surface area contributed by atoms with Gasteiger partial charge in [0.1, 0.15) is 0 Å². The predicted octanol–water partition coefficient (Wildman–Crippen LogP) is 2.98. The van der Waals surface area contributed by atoms with Gasteiger partial charge in [0.25, 0.3) is 0 Å². The van der Waals surface area contributed by atoms with Gasteiger partial charge in [-0.05, 0) is 23.8 Å². The van der Waals surface area contributed by atoms with E-state index < -0.39 is 0 Å². The van der Waals surface area contributed by atoms with Crippen LogP contribution in [0.3, 0.4) is 0 Å². The number of hydrogen-bond donors (Lipinski definition) is 1. The van der Waals surface area contributed by atoms with E-state index in [4.69, 9.17) is 0 Å². The summed E-state index contributed by atoms with van der Waals surface area (Å²) in [6.07, 6.45) is 8.25. The molecule has 0 aliphatic carbocycles. The second-order valence-corrected chi connectivity index (χ2v) is 4.99. The summed E-state index contributed by atoms with van der Waals surface area (Å²) in [5, 5.41) is 7.03. The van der Waals surface area contributed by atoms with Crippen molar-refractivity contribution in [1.29, 1.82) is 0 Å². The highest BCUT2D eigenvalue weighted by Gasteiger charge is 2.02. The zero-order chi connectivity index (χ0) is 15.9. The molecule has 0 saturated heterocycles. The number of anilines is 1. The van der Waals surface area contributed by atoms with Crippen molar-refractivity contribution in [3.63, 3.8) is 0 Å². The highest BCUT2D eigenvalue weighted by atomic mass is 16.1. The summed E-state index contributed by atoms with van der Waals surface area (Å²) >= 11 is 0. The zero-order valence-electron chi connectivity index (χ0n) is 12.5. The van der Waals surface area contributed by atoms with Gasteiger partial charge in [-0.15, -0.1) is 0 Å². The monoisotopic (exact) mass is 304 g/mol. The molecule has 1 amide bonds. The Morgan fingerprint density at radius 2 is 1.96 bits per heavy atom. The van der Waals surface area contributed by atoms with E-state index in [0.29, 0.717) is 12.2 Å². The Hall–Kier alpha value is -3.21. The number of hydrogen-bond acceptors (Lipinski definition) is 3. The Balaban J connectivity index is 1.58. The molecule has 0 unspecified atom stereocenters. The molecule has 0 saturated carbocycles. The van der Waals surface area contributed by atoms with Gasteiger partial charge in [0.15, 0.2) is 0 Å². The highest BCUT2D eigenvalue weighted by Crippen LogP contribution is 2.08. The van der Waals surface area contributed by atoms with Crippen LogP contribution in [0.15, 0.2) is 73.2 Å². The predicted molar refractivity (Wildman–Crippen MR) is 89.7 cm³/mol. The van der Waals surface area contributed by atoms with Crippen LogP contribution in [0.1, 0.15) is 11.3 Å². The Morgan fingerprint density at radius 3 is 2.74 bits per heavy atom. The average molecular weight is 304 g/mol. The number of aromatic nitrogens is 3. The van der Waals surface area contributed by atoms with Gasteiger partial charge in [0, 0.05) is 18.5 Å². The van der Waals surface area contributed by atoms with E-state index >= 15 is 0 Å². The van der Waals surface area contributed by atoms with E-state index in [1.165, 1.54) is 6.08 Å². The van der Waals surface area contributed by atoms with Gasteiger partial charge in [-0.1, -0.05) is 36.4 Å². The summed E-state index contributed by atoms with van der Waals surface area (Å²) in [4.78, 5) is 16.0.